The summed E-state index contributed by atoms with van der Waals surface area (Å²) in [7, 11) is 0. The van der Waals surface area contributed by atoms with E-state index in [4.69, 9.17) is 4.98 Å². The molecule has 26 heavy (non-hydrogen) atoms. The Bertz CT molecular complexity index is 887. The average molecular weight is 349 g/mol. The number of rotatable bonds is 5. The number of hydrogen-bond donors (Lipinski definition) is 1. The number of anilines is 1. The highest BCUT2D eigenvalue weighted by Crippen LogP contribution is 2.26. The highest BCUT2D eigenvalue weighted by molar-refractivity contribution is 5.81. The standard InChI is InChI=1S/C22H24FN3/c23-20-10-4-2-9-18(20)15-24-16-19-14-17-8-3-5-11-21(17)25-22(19)26-12-6-1-7-13-26/h2-5,8-11,14,24H,1,6-7,12-13,15-16H2. The van der Waals surface area contributed by atoms with Crippen LogP contribution in [0.2, 0.25) is 0 Å². The molecule has 2 aromatic carbocycles. The van der Waals surface area contributed by atoms with Gasteiger partial charge in [0, 0.05) is 42.7 Å². The second-order valence-electron chi connectivity index (χ2n) is 6.91. The first kappa shape index (κ1) is 17.0. The summed E-state index contributed by atoms with van der Waals surface area (Å²) in [5.41, 5.74) is 2.91. The molecule has 0 bridgehead atoms. The van der Waals surface area contributed by atoms with Gasteiger partial charge >= 0.3 is 0 Å². The lowest BCUT2D eigenvalue weighted by atomic mass is 10.1. The summed E-state index contributed by atoms with van der Waals surface area (Å²) in [6.45, 7) is 3.31. The van der Waals surface area contributed by atoms with E-state index in [-0.39, 0.29) is 5.82 Å². The summed E-state index contributed by atoms with van der Waals surface area (Å²) in [6.07, 6.45) is 3.73. The zero-order valence-electron chi connectivity index (χ0n) is 14.9. The molecule has 4 heteroatoms. The second kappa shape index (κ2) is 7.83. The van der Waals surface area contributed by atoms with Crippen molar-refractivity contribution in [2.45, 2.75) is 32.4 Å². The summed E-state index contributed by atoms with van der Waals surface area (Å²) < 4.78 is 13.8. The number of benzene rings is 2. The number of nitrogens with one attached hydrogen (secondary N) is 1. The first-order valence-electron chi connectivity index (χ1n) is 9.39. The summed E-state index contributed by atoms with van der Waals surface area (Å²) in [5.74, 6) is 0.914. The molecule has 2 heterocycles. The van der Waals surface area contributed by atoms with Gasteiger partial charge < -0.3 is 10.2 Å². The van der Waals surface area contributed by atoms with Crippen LogP contribution >= 0.6 is 0 Å². The Kier molecular flexibility index (Phi) is 5.12. The fraction of sp³-hybridized carbons (Fsp3) is 0.318. The summed E-state index contributed by atoms with van der Waals surface area (Å²) >= 11 is 0. The maximum absolute atomic E-state index is 13.8. The molecule has 3 aromatic rings. The first-order chi connectivity index (χ1) is 12.8. The predicted octanol–water partition coefficient (Wildman–Crippen LogP) is 4.65. The third-order valence-electron chi connectivity index (χ3n) is 5.02. The number of fused-ring (bicyclic) bond motifs is 1. The molecule has 0 saturated carbocycles. The fourth-order valence-corrected chi connectivity index (χ4v) is 3.63. The van der Waals surface area contributed by atoms with Gasteiger partial charge in [-0.1, -0.05) is 36.4 Å². The minimum absolute atomic E-state index is 0.159. The van der Waals surface area contributed by atoms with Gasteiger partial charge in [-0.2, -0.15) is 0 Å². The van der Waals surface area contributed by atoms with Crippen LogP contribution in [0.1, 0.15) is 30.4 Å². The molecule has 1 saturated heterocycles. The molecule has 4 rings (SSSR count). The molecule has 0 aliphatic carbocycles. The SMILES string of the molecule is Fc1ccccc1CNCc1cc2ccccc2nc1N1CCCCC1. The van der Waals surface area contributed by atoms with Crippen molar-refractivity contribution < 1.29 is 4.39 Å². The predicted molar refractivity (Wildman–Crippen MR) is 105 cm³/mol. The van der Waals surface area contributed by atoms with E-state index in [0.717, 1.165) is 29.8 Å². The summed E-state index contributed by atoms with van der Waals surface area (Å²) in [6, 6.07) is 17.4. The van der Waals surface area contributed by atoms with Crippen LogP contribution in [0.4, 0.5) is 10.2 Å². The molecule has 0 radical (unpaired) electrons. The fourth-order valence-electron chi connectivity index (χ4n) is 3.63. The van der Waals surface area contributed by atoms with Gasteiger partial charge in [0.15, 0.2) is 0 Å². The lowest BCUT2D eigenvalue weighted by Gasteiger charge is -2.30. The molecule has 134 valence electrons. The lowest BCUT2D eigenvalue weighted by Crippen LogP contribution is -2.31. The average Bonchev–Trinajstić information content (AvgIpc) is 2.69. The zero-order valence-corrected chi connectivity index (χ0v) is 14.9. The minimum Gasteiger partial charge on any atom is -0.356 e. The van der Waals surface area contributed by atoms with Gasteiger partial charge in [0.1, 0.15) is 11.6 Å². The molecule has 1 aromatic heterocycles. The number of para-hydroxylation sites is 1. The Balaban J connectivity index is 1.58. The highest BCUT2D eigenvalue weighted by atomic mass is 19.1. The zero-order chi connectivity index (χ0) is 17.8. The van der Waals surface area contributed by atoms with E-state index in [0.29, 0.717) is 18.7 Å². The van der Waals surface area contributed by atoms with Crippen LogP contribution in [0.5, 0.6) is 0 Å². The Morgan fingerprint density at radius 1 is 0.885 bits per heavy atom. The van der Waals surface area contributed by atoms with Gasteiger partial charge in [0.05, 0.1) is 5.52 Å². The van der Waals surface area contributed by atoms with E-state index in [9.17, 15) is 4.39 Å². The smallest absolute Gasteiger partial charge is 0.133 e. The Morgan fingerprint density at radius 3 is 2.46 bits per heavy atom. The highest BCUT2D eigenvalue weighted by Gasteiger charge is 2.17. The van der Waals surface area contributed by atoms with Gasteiger partial charge in [-0.15, -0.1) is 0 Å². The molecule has 0 atom stereocenters. The van der Waals surface area contributed by atoms with Crippen LogP contribution in [-0.4, -0.2) is 18.1 Å². The third kappa shape index (κ3) is 3.70. The number of halogens is 1. The lowest BCUT2D eigenvalue weighted by molar-refractivity contribution is 0.567. The van der Waals surface area contributed by atoms with E-state index < -0.39 is 0 Å². The van der Waals surface area contributed by atoms with Crippen LogP contribution in [0, 0.1) is 5.82 Å². The second-order valence-corrected chi connectivity index (χ2v) is 6.91. The minimum atomic E-state index is -0.159. The third-order valence-corrected chi connectivity index (χ3v) is 5.02. The van der Waals surface area contributed by atoms with Crippen molar-refractivity contribution in [3.05, 3.63) is 71.5 Å². The number of nitrogens with zero attached hydrogens (tertiary/aromatic N) is 2. The molecule has 0 spiro atoms. The number of hydrogen-bond acceptors (Lipinski definition) is 3. The molecule has 3 nitrogen and oxygen atoms in total. The van der Waals surface area contributed by atoms with E-state index in [1.54, 1.807) is 6.07 Å². The molecular weight excluding hydrogens is 325 g/mol. The number of aromatic nitrogens is 1. The Hall–Kier alpha value is -2.46. The number of piperidine rings is 1. The van der Waals surface area contributed by atoms with Crippen LogP contribution in [0.15, 0.2) is 54.6 Å². The molecule has 1 fully saturated rings. The molecule has 0 amide bonds. The van der Waals surface area contributed by atoms with Crippen LogP contribution < -0.4 is 10.2 Å². The first-order valence-corrected chi connectivity index (χ1v) is 9.39. The quantitative estimate of drug-likeness (QED) is 0.726. The topological polar surface area (TPSA) is 28.2 Å². The van der Waals surface area contributed by atoms with Crippen molar-refractivity contribution in [3.8, 4) is 0 Å². The van der Waals surface area contributed by atoms with Crippen molar-refractivity contribution >= 4 is 16.7 Å². The van der Waals surface area contributed by atoms with E-state index >= 15 is 0 Å². The molecule has 1 aliphatic heterocycles. The van der Waals surface area contributed by atoms with Gasteiger partial charge in [-0.05, 0) is 37.5 Å². The van der Waals surface area contributed by atoms with Gasteiger partial charge in [0.2, 0.25) is 0 Å². The van der Waals surface area contributed by atoms with E-state index in [2.05, 4.69) is 28.4 Å². The van der Waals surface area contributed by atoms with Crippen LogP contribution in [-0.2, 0) is 13.1 Å². The van der Waals surface area contributed by atoms with Gasteiger partial charge in [-0.3, -0.25) is 0 Å². The van der Waals surface area contributed by atoms with E-state index in [1.807, 2.05) is 24.3 Å². The molecule has 0 unspecified atom stereocenters. The normalized spacial score (nSPS) is 14.7. The van der Waals surface area contributed by atoms with Gasteiger partial charge in [-0.25, -0.2) is 9.37 Å². The van der Waals surface area contributed by atoms with E-state index in [1.165, 1.54) is 30.9 Å². The van der Waals surface area contributed by atoms with Crippen LogP contribution in [0.25, 0.3) is 10.9 Å². The summed E-state index contributed by atoms with van der Waals surface area (Å²) in [4.78, 5) is 7.35. The maximum atomic E-state index is 13.8. The molecular formula is C22H24FN3. The van der Waals surface area contributed by atoms with Crippen molar-refractivity contribution in [2.24, 2.45) is 0 Å². The number of pyridine rings is 1. The largest absolute Gasteiger partial charge is 0.356 e. The van der Waals surface area contributed by atoms with Crippen molar-refractivity contribution in [2.75, 3.05) is 18.0 Å². The monoisotopic (exact) mass is 349 g/mol. The van der Waals surface area contributed by atoms with Crippen LogP contribution in [0.3, 0.4) is 0 Å². The van der Waals surface area contributed by atoms with Gasteiger partial charge in [0.25, 0.3) is 0 Å². The van der Waals surface area contributed by atoms with Crippen molar-refractivity contribution in [3.63, 3.8) is 0 Å². The Morgan fingerprint density at radius 2 is 1.62 bits per heavy atom. The van der Waals surface area contributed by atoms with Crippen molar-refractivity contribution in [1.82, 2.24) is 10.3 Å². The summed E-state index contributed by atoms with van der Waals surface area (Å²) in [5, 5.41) is 4.55. The van der Waals surface area contributed by atoms with Crippen molar-refractivity contribution in [1.29, 1.82) is 0 Å². The molecule has 1 aliphatic rings. The molecule has 1 N–H and O–H groups in total. The Labute approximate surface area is 153 Å². The maximum Gasteiger partial charge on any atom is 0.133 e.